The summed E-state index contributed by atoms with van der Waals surface area (Å²) in [6.07, 6.45) is 6.78. The van der Waals surface area contributed by atoms with Gasteiger partial charge in [0.15, 0.2) is 0 Å². The monoisotopic (exact) mass is 228 g/mol. The van der Waals surface area contributed by atoms with Crippen molar-refractivity contribution in [2.75, 3.05) is 5.43 Å². The molecule has 4 heteroatoms. The Morgan fingerprint density at radius 1 is 1.29 bits per heavy atom. The van der Waals surface area contributed by atoms with Crippen LogP contribution in [0.2, 0.25) is 0 Å². The smallest absolute Gasteiger partial charge is 0.243 e. The normalized spacial score (nSPS) is 28.0. The van der Waals surface area contributed by atoms with Crippen molar-refractivity contribution in [2.45, 2.75) is 26.7 Å². The van der Waals surface area contributed by atoms with E-state index in [1.54, 1.807) is 0 Å². The molecule has 0 unspecified atom stereocenters. The number of fused-ring (bicyclic) bond motifs is 1. The van der Waals surface area contributed by atoms with Gasteiger partial charge in [-0.3, -0.25) is 0 Å². The van der Waals surface area contributed by atoms with E-state index in [0.717, 1.165) is 30.1 Å². The van der Waals surface area contributed by atoms with E-state index >= 15 is 0 Å². The fourth-order valence-electron chi connectivity index (χ4n) is 2.56. The van der Waals surface area contributed by atoms with E-state index < -0.39 is 0 Å². The van der Waals surface area contributed by atoms with Crippen molar-refractivity contribution in [1.82, 2.24) is 9.97 Å². The molecule has 1 saturated carbocycles. The number of nitrogens with one attached hydrogen (secondary N) is 1. The first-order chi connectivity index (χ1) is 8.22. The number of anilines is 1. The predicted molar refractivity (Wildman–Crippen MR) is 67.9 cm³/mol. The van der Waals surface area contributed by atoms with E-state index in [9.17, 15) is 0 Å². The average Bonchev–Trinajstić information content (AvgIpc) is 2.59. The highest BCUT2D eigenvalue weighted by molar-refractivity contribution is 5.94. The summed E-state index contributed by atoms with van der Waals surface area (Å²) < 4.78 is 0. The molecule has 17 heavy (non-hydrogen) atoms. The van der Waals surface area contributed by atoms with Crippen LogP contribution in [0.4, 0.5) is 5.95 Å². The third-order valence-electron chi connectivity index (χ3n) is 3.44. The molecule has 2 aliphatic rings. The predicted octanol–water partition coefficient (Wildman–Crippen LogP) is 2.46. The lowest BCUT2D eigenvalue weighted by Crippen LogP contribution is -2.33. The number of nitrogens with zero attached hydrogens (tertiary/aromatic N) is 3. The minimum atomic E-state index is 0.601. The Hall–Kier alpha value is -1.71. The molecule has 1 aromatic rings. The van der Waals surface area contributed by atoms with E-state index in [1.165, 1.54) is 5.71 Å². The number of aromatic nitrogens is 2. The second-order valence-corrected chi connectivity index (χ2v) is 4.83. The number of hydrazone groups is 1. The third kappa shape index (κ3) is 1.95. The molecule has 0 aliphatic heterocycles. The molecule has 2 atom stereocenters. The fourth-order valence-corrected chi connectivity index (χ4v) is 2.56. The highest BCUT2D eigenvalue weighted by Crippen LogP contribution is 2.40. The van der Waals surface area contributed by atoms with Crippen LogP contribution >= 0.6 is 0 Å². The Morgan fingerprint density at radius 2 is 2.06 bits per heavy atom. The zero-order valence-electron chi connectivity index (χ0n) is 10.1. The number of hydrogen-bond acceptors (Lipinski definition) is 4. The molecule has 0 aromatic carbocycles. The summed E-state index contributed by atoms with van der Waals surface area (Å²) in [5.74, 6) is 1.97. The lowest BCUT2D eigenvalue weighted by Gasteiger charge is -2.31. The largest absolute Gasteiger partial charge is 0.245 e. The first-order valence-electron chi connectivity index (χ1n) is 6.04. The summed E-state index contributed by atoms with van der Waals surface area (Å²) in [7, 11) is 0. The average molecular weight is 228 g/mol. The van der Waals surface area contributed by atoms with Crippen LogP contribution in [0.25, 0.3) is 0 Å². The molecule has 0 spiro atoms. The minimum Gasteiger partial charge on any atom is -0.245 e. The Balaban J connectivity index is 1.70. The van der Waals surface area contributed by atoms with Crippen molar-refractivity contribution >= 4 is 11.7 Å². The van der Waals surface area contributed by atoms with Crippen molar-refractivity contribution in [2.24, 2.45) is 16.9 Å². The zero-order valence-corrected chi connectivity index (χ0v) is 10.1. The van der Waals surface area contributed by atoms with Crippen LogP contribution in [0, 0.1) is 25.7 Å². The second-order valence-electron chi connectivity index (χ2n) is 4.83. The molecule has 1 heterocycles. The molecule has 1 aromatic heterocycles. The highest BCUT2D eigenvalue weighted by Gasteiger charge is 2.37. The summed E-state index contributed by atoms with van der Waals surface area (Å²) >= 11 is 0. The van der Waals surface area contributed by atoms with E-state index in [0.29, 0.717) is 11.9 Å². The van der Waals surface area contributed by atoms with Crippen molar-refractivity contribution in [1.29, 1.82) is 0 Å². The van der Waals surface area contributed by atoms with Gasteiger partial charge in [0, 0.05) is 23.0 Å². The van der Waals surface area contributed by atoms with E-state index in [2.05, 4.69) is 32.6 Å². The molecule has 0 amide bonds. The number of hydrogen-bond donors (Lipinski definition) is 1. The molecule has 4 nitrogen and oxygen atoms in total. The second kappa shape index (κ2) is 3.95. The van der Waals surface area contributed by atoms with Crippen molar-refractivity contribution in [3.05, 3.63) is 29.6 Å². The maximum Gasteiger partial charge on any atom is 0.243 e. The van der Waals surface area contributed by atoms with E-state index in [1.807, 2.05) is 19.9 Å². The molecular weight excluding hydrogens is 212 g/mol. The van der Waals surface area contributed by atoms with Gasteiger partial charge in [0.05, 0.1) is 0 Å². The van der Waals surface area contributed by atoms with Crippen molar-refractivity contribution < 1.29 is 0 Å². The Bertz CT molecular complexity index is 484. The van der Waals surface area contributed by atoms with Gasteiger partial charge in [0.1, 0.15) is 0 Å². The Morgan fingerprint density at radius 3 is 2.76 bits per heavy atom. The van der Waals surface area contributed by atoms with Crippen molar-refractivity contribution in [3.63, 3.8) is 0 Å². The van der Waals surface area contributed by atoms with Crippen molar-refractivity contribution in [3.8, 4) is 0 Å². The molecular formula is C13H16N4. The summed E-state index contributed by atoms with van der Waals surface area (Å²) in [5, 5.41) is 4.43. The molecule has 88 valence electrons. The van der Waals surface area contributed by atoms with Gasteiger partial charge in [0.2, 0.25) is 5.95 Å². The Kier molecular flexibility index (Phi) is 2.42. The first-order valence-corrected chi connectivity index (χ1v) is 6.04. The summed E-state index contributed by atoms with van der Waals surface area (Å²) in [6, 6.07) is 1.96. The zero-order chi connectivity index (χ0) is 11.8. The Labute approximate surface area is 101 Å². The SMILES string of the molecule is Cc1cc(C)nc(N/N=C2\C[C@@H]3C=CC[C@@H]23)n1. The van der Waals surface area contributed by atoms with Crippen LogP contribution < -0.4 is 5.43 Å². The van der Waals surface area contributed by atoms with Crippen LogP contribution in [0.3, 0.4) is 0 Å². The van der Waals surface area contributed by atoms with Gasteiger partial charge in [-0.15, -0.1) is 0 Å². The molecule has 1 fully saturated rings. The van der Waals surface area contributed by atoms with Gasteiger partial charge in [0.25, 0.3) is 0 Å². The number of allylic oxidation sites excluding steroid dienone is 2. The van der Waals surface area contributed by atoms with Crippen LogP contribution in [-0.2, 0) is 0 Å². The lowest BCUT2D eigenvalue weighted by atomic mass is 9.74. The standard InChI is InChI=1S/C13H16N4/c1-8-6-9(2)15-13(14-8)17-16-12-7-10-4-3-5-11(10)12/h3-4,6,10-11H,5,7H2,1-2H3,(H,14,15,17)/b16-12+/t10-,11+/m0/s1. The third-order valence-corrected chi connectivity index (χ3v) is 3.44. The summed E-state index contributed by atoms with van der Waals surface area (Å²) in [4.78, 5) is 8.61. The minimum absolute atomic E-state index is 0.601. The maximum absolute atomic E-state index is 4.43. The summed E-state index contributed by atoms with van der Waals surface area (Å²) in [5.41, 5.74) is 6.17. The molecule has 0 bridgehead atoms. The number of rotatable bonds is 2. The van der Waals surface area contributed by atoms with Gasteiger partial charge in [-0.25, -0.2) is 15.4 Å². The maximum atomic E-state index is 4.43. The molecule has 0 saturated heterocycles. The van der Waals surface area contributed by atoms with Gasteiger partial charge in [-0.2, -0.15) is 5.10 Å². The van der Waals surface area contributed by atoms with Gasteiger partial charge >= 0.3 is 0 Å². The topological polar surface area (TPSA) is 50.2 Å². The quantitative estimate of drug-likeness (QED) is 0.625. The summed E-state index contributed by atoms with van der Waals surface area (Å²) in [6.45, 7) is 3.93. The van der Waals surface area contributed by atoms with Crippen LogP contribution in [-0.4, -0.2) is 15.7 Å². The first kappa shape index (κ1) is 10.4. The fraction of sp³-hybridized carbons (Fsp3) is 0.462. The molecule has 0 radical (unpaired) electrons. The van der Waals surface area contributed by atoms with Crippen LogP contribution in [0.5, 0.6) is 0 Å². The van der Waals surface area contributed by atoms with E-state index in [-0.39, 0.29) is 0 Å². The van der Waals surface area contributed by atoms with Crippen LogP contribution in [0.1, 0.15) is 24.2 Å². The van der Waals surface area contributed by atoms with E-state index in [4.69, 9.17) is 0 Å². The van der Waals surface area contributed by atoms with Gasteiger partial charge < -0.3 is 0 Å². The van der Waals surface area contributed by atoms with Crippen LogP contribution in [0.15, 0.2) is 23.3 Å². The lowest BCUT2D eigenvalue weighted by molar-refractivity contribution is 0.466. The molecule has 1 N–H and O–H groups in total. The number of aryl methyl sites for hydroxylation is 2. The van der Waals surface area contributed by atoms with Gasteiger partial charge in [-0.1, -0.05) is 12.2 Å². The molecule has 3 rings (SSSR count). The molecule has 2 aliphatic carbocycles. The highest BCUT2D eigenvalue weighted by atomic mass is 15.4. The van der Waals surface area contributed by atoms with Gasteiger partial charge in [-0.05, 0) is 38.7 Å².